The summed E-state index contributed by atoms with van der Waals surface area (Å²) in [6.07, 6.45) is 5.19. The Morgan fingerprint density at radius 3 is 2.48 bits per heavy atom. The number of aromatic nitrogens is 2. The van der Waals surface area contributed by atoms with Crippen molar-refractivity contribution < 1.29 is 9.50 Å². The van der Waals surface area contributed by atoms with E-state index in [4.69, 9.17) is 0 Å². The summed E-state index contributed by atoms with van der Waals surface area (Å²) in [5.41, 5.74) is 1.88. The topological polar surface area (TPSA) is 46.0 Å². The molecule has 0 saturated carbocycles. The molecule has 0 fully saturated rings. The van der Waals surface area contributed by atoms with Crippen LogP contribution in [-0.2, 0) is 0 Å². The summed E-state index contributed by atoms with van der Waals surface area (Å²) in [5.74, 6) is -0.375. The van der Waals surface area contributed by atoms with Gasteiger partial charge in [-0.05, 0) is 42.0 Å². The highest BCUT2D eigenvalue weighted by Gasteiger charge is 2.16. The van der Waals surface area contributed by atoms with Gasteiger partial charge in [0.05, 0.1) is 6.61 Å². The standard InChI is InChI=1S/C16H13FN2OS/c17-13-3-1-12(2-4-13)16-19-9-15(21-16)14(10-20)11-5-7-18-8-6-11/h1-9,14,20H,10H2. The molecular weight excluding hydrogens is 287 g/mol. The molecule has 3 rings (SSSR count). The van der Waals surface area contributed by atoms with Gasteiger partial charge in [0.15, 0.2) is 0 Å². The molecule has 0 bridgehead atoms. The number of benzene rings is 1. The van der Waals surface area contributed by atoms with Crippen LogP contribution in [0.25, 0.3) is 10.6 Å². The first-order valence-electron chi connectivity index (χ1n) is 6.50. The summed E-state index contributed by atoms with van der Waals surface area (Å²) in [5, 5.41) is 10.5. The lowest BCUT2D eigenvalue weighted by Gasteiger charge is -2.11. The van der Waals surface area contributed by atoms with Crippen LogP contribution in [-0.4, -0.2) is 21.7 Å². The minimum absolute atomic E-state index is 0.00899. The Bertz CT molecular complexity index is 713. The molecule has 106 valence electrons. The molecule has 2 aromatic heterocycles. The number of rotatable bonds is 4. The van der Waals surface area contributed by atoms with Crippen LogP contribution in [0.1, 0.15) is 16.4 Å². The van der Waals surface area contributed by atoms with Crippen molar-refractivity contribution in [2.45, 2.75) is 5.92 Å². The summed E-state index contributed by atoms with van der Waals surface area (Å²) >= 11 is 1.51. The lowest BCUT2D eigenvalue weighted by molar-refractivity contribution is 0.282. The molecule has 2 heterocycles. The fourth-order valence-corrected chi connectivity index (χ4v) is 3.17. The molecule has 3 aromatic rings. The van der Waals surface area contributed by atoms with Crippen LogP contribution in [0.2, 0.25) is 0 Å². The molecule has 0 aliphatic heterocycles. The third-order valence-electron chi connectivity index (χ3n) is 3.25. The first kappa shape index (κ1) is 13.9. The number of aliphatic hydroxyl groups is 1. The zero-order valence-corrected chi connectivity index (χ0v) is 11.9. The van der Waals surface area contributed by atoms with Gasteiger partial charge in [0.25, 0.3) is 0 Å². The number of nitrogens with zero attached hydrogens (tertiary/aromatic N) is 2. The summed E-state index contributed by atoms with van der Waals surface area (Å²) in [4.78, 5) is 9.34. The molecule has 21 heavy (non-hydrogen) atoms. The van der Waals surface area contributed by atoms with Crippen LogP contribution >= 0.6 is 11.3 Å². The van der Waals surface area contributed by atoms with E-state index in [0.29, 0.717) is 0 Å². The first-order valence-corrected chi connectivity index (χ1v) is 7.32. The molecular formula is C16H13FN2OS. The van der Waals surface area contributed by atoms with E-state index in [1.165, 1.54) is 23.5 Å². The number of halogens is 1. The van der Waals surface area contributed by atoms with Crippen molar-refractivity contribution in [1.29, 1.82) is 0 Å². The second-order valence-electron chi connectivity index (χ2n) is 4.59. The first-order chi connectivity index (χ1) is 10.3. The van der Waals surface area contributed by atoms with Crippen LogP contribution in [0.3, 0.4) is 0 Å². The zero-order valence-electron chi connectivity index (χ0n) is 11.1. The Hall–Kier alpha value is -2.11. The maximum Gasteiger partial charge on any atom is 0.123 e. The Morgan fingerprint density at radius 1 is 1.10 bits per heavy atom. The maximum absolute atomic E-state index is 13.0. The van der Waals surface area contributed by atoms with Gasteiger partial charge < -0.3 is 5.11 Å². The number of aliphatic hydroxyl groups excluding tert-OH is 1. The Morgan fingerprint density at radius 2 is 1.81 bits per heavy atom. The largest absolute Gasteiger partial charge is 0.395 e. The average molecular weight is 300 g/mol. The molecule has 1 aromatic carbocycles. The van der Waals surface area contributed by atoms with Gasteiger partial charge in [-0.25, -0.2) is 9.37 Å². The number of hydrogen-bond acceptors (Lipinski definition) is 4. The number of pyridine rings is 1. The lowest BCUT2D eigenvalue weighted by atomic mass is 10.0. The minimum atomic E-state index is -0.263. The highest BCUT2D eigenvalue weighted by molar-refractivity contribution is 7.15. The van der Waals surface area contributed by atoms with Crippen molar-refractivity contribution in [2.24, 2.45) is 0 Å². The van der Waals surface area contributed by atoms with Gasteiger partial charge in [-0.2, -0.15) is 0 Å². The monoisotopic (exact) mass is 300 g/mol. The van der Waals surface area contributed by atoms with Crippen molar-refractivity contribution in [3.8, 4) is 10.6 Å². The van der Waals surface area contributed by atoms with E-state index < -0.39 is 0 Å². The summed E-state index contributed by atoms with van der Waals surface area (Å²) in [7, 11) is 0. The van der Waals surface area contributed by atoms with Crippen LogP contribution < -0.4 is 0 Å². The molecule has 1 atom stereocenters. The summed E-state index contributed by atoms with van der Waals surface area (Å²) in [6, 6.07) is 10.0. The van der Waals surface area contributed by atoms with E-state index in [2.05, 4.69) is 9.97 Å². The smallest absolute Gasteiger partial charge is 0.123 e. The van der Waals surface area contributed by atoms with E-state index in [1.54, 1.807) is 30.7 Å². The van der Waals surface area contributed by atoms with Crippen LogP contribution in [0.4, 0.5) is 4.39 Å². The Balaban J connectivity index is 1.92. The second kappa shape index (κ2) is 6.11. The Kier molecular flexibility index (Phi) is 4.03. The predicted molar refractivity (Wildman–Crippen MR) is 80.7 cm³/mol. The van der Waals surface area contributed by atoms with Gasteiger partial charge in [0.2, 0.25) is 0 Å². The van der Waals surface area contributed by atoms with E-state index in [1.807, 2.05) is 12.1 Å². The third-order valence-corrected chi connectivity index (χ3v) is 4.41. The van der Waals surface area contributed by atoms with E-state index in [-0.39, 0.29) is 18.3 Å². The van der Waals surface area contributed by atoms with Gasteiger partial charge in [0.1, 0.15) is 10.8 Å². The highest BCUT2D eigenvalue weighted by atomic mass is 32.1. The minimum Gasteiger partial charge on any atom is -0.395 e. The third kappa shape index (κ3) is 2.99. The maximum atomic E-state index is 13.0. The van der Waals surface area contributed by atoms with E-state index >= 15 is 0 Å². The molecule has 0 saturated heterocycles. The highest BCUT2D eigenvalue weighted by Crippen LogP contribution is 2.32. The lowest BCUT2D eigenvalue weighted by Crippen LogP contribution is -2.03. The molecule has 0 aliphatic carbocycles. The van der Waals surface area contributed by atoms with Crippen molar-refractivity contribution >= 4 is 11.3 Å². The molecule has 3 nitrogen and oxygen atoms in total. The van der Waals surface area contributed by atoms with Crippen molar-refractivity contribution in [3.05, 3.63) is 71.2 Å². The molecule has 1 N–H and O–H groups in total. The van der Waals surface area contributed by atoms with Crippen LogP contribution in [0, 0.1) is 5.82 Å². The van der Waals surface area contributed by atoms with E-state index in [9.17, 15) is 9.50 Å². The van der Waals surface area contributed by atoms with Gasteiger partial charge in [-0.3, -0.25) is 4.98 Å². The Labute approximate surface area is 125 Å². The molecule has 5 heteroatoms. The molecule has 0 amide bonds. The van der Waals surface area contributed by atoms with E-state index in [0.717, 1.165) is 21.0 Å². The van der Waals surface area contributed by atoms with Gasteiger partial charge in [-0.15, -0.1) is 11.3 Å². The number of hydrogen-bond donors (Lipinski definition) is 1. The molecule has 1 unspecified atom stereocenters. The summed E-state index contributed by atoms with van der Waals surface area (Å²) in [6.45, 7) is 0.00899. The second-order valence-corrected chi connectivity index (χ2v) is 5.65. The van der Waals surface area contributed by atoms with Gasteiger partial charge in [-0.1, -0.05) is 0 Å². The molecule has 0 spiro atoms. The fourth-order valence-electron chi connectivity index (χ4n) is 2.13. The SMILES string of the molecule is OCC(c1ccncc1)c1cnc(-c2ccc(F)cc2)s1. The predicted octanol–water partition coefficient (Wildman–Crippen LogP) is 3.47. The average Bonchev–Trinajstić information content (AvgIpc) is 2.99. The van der Waals surface area contributed by atoms with Crippen LogP contribution in [0.15, 0.2) is 55.0 Å². The molecule has 0 aliphatic rings. The van der Waals surface area contributed by atoms with Gasteiger partial charge >= 0.3 is 0 Å². The quantitative estimate of drug-likeness (QED) is 0.802. The van der Waals surface area contributed by atoms with Crippen molar-refractivity contribution in [1.82, 2.24) is 9.97 Å². The fraction of sp³-hybridized carbons (Fsp3) is 0.125. The number of thiazole rings is 1. The summed E-state index contributed by atoms with van der Waals surface area (Å²) < 4.78 is 13.0. The normalized spacial score (nSPS) is 12.3. The van der Waals surface area contributed by atoms with Crippen molar-refractivity contribution in [3.63, 3.8) is 0 Å². The molecule has 0 radical (unpaired) electrons. The van der Waals surface area contributed by atoms with Crippen LogP contribution in [0.5, 0.6) is 0 Å². The zero-order chi connectivity index (χ0) is 14.7. The van der Waals surface area contributed by atoms with Crippen molar-refractivity contribution in [2.75, 3.05) is 6.61 Å². The van der Waals surface area contributed by atoms with Gasteiger partial charge in [0, 0.05) is 34.9 Å².